The van der Waals surface area contributed by atoms with Crippen LogP contribution in [0, 0.1) is 0 Å². The van der Waals surface area contributed by atoms with E-state index in [9.17, 15) is 14.7 Å². The Hall–Kier alpha value is -1.79. The summed E-state index contributed by atoms with van der Waals surface area (Å²) in [5, 5.41) is 14.3. The average molecular weight is 315 g/mol. The van der Waals surface area contributed by atoms with Crippen LogP contribution in [0.25, 0.3) is 0 Å². The van der Waals surface area contributed by atoms with E-state index in [1.165, 1.54) is 6.92 Å². The third kappa shape index (κ3) is 5.24. The number of urea groups is 1. The second kappa shape index (κ2) is 7.85. The Morgan fingerprint density at radius 1 is 1.38 bits per heavy atom. The fourth-order valence-electron chi connectivity index (χ4n) is 1.53. The van der Waals surface area contributed by atoms with Crippen molar-refractivity contribution >= 4 is 23.5 Å². The molecule has 0 aliphatic rings. The molecule has 2 atom stereocenters. The molecule has 0 saturated heterocycles. The summed E-state index contributed by atoms with van der Waals surface area (Å²) in [6.45, 7) is 5.29. The molecular weight excluding hydrogens is 296 g/mol. The number of rotatable bonds is 5. The predicted molar refractivity (Wildman–Crippen MR) is 79.4 cm³/mol. The normalized spacial score (nSPS) is 13.2. The molecule has 3 N–H and O–H groups in total. The number of benzene rings is 1. The zero-order valence-electron chi connectivity index (χ0n) is 12.1. The molecule has 0 heterocycles. The summed E-state index contributed by atoms with van der Waals surface area (Å²) in [5.41, 5.74) is 0.645. The Morgan fingerprint density at radius 3 is 2.57 bits per heavy atom. The smallest absolute Gasteiger partial charge is 0.321 e. The van der Waals surface area contributed by atoms with Crippen molar-refractivity contribution < 1.29 is 19.4 Å². The fraction of sp³-hybridized carbons (Fsp3) is 0.429. The molecule has 0 radical (unpaired) electrons. The molecule has 0 spiro atoms. The van der Waals surface area contributed by atoms with Crippen molar-refractivity contribution in [2.24, 2.45) is 0 Å². The van der Waals surface area contributed by atoms with E-state index in [4.69, 9.17) is 16.3 Å². The van der Waals surface area contributed by atoms with Crippen LogP contribution in [-0.4, -0.2) is 29.7 Å². The molecule has 7 heteroatoms. The van der Waals surface area contributed by atoms with Crippen molar-refractivity contribution in [2.45, 2.75) is 33.0 Å². The van der Waals surface area contributed by atoms with E-state index in [0.29, 0.717) is 17.9 Å². The van der Waals surface area contributed by atoms with Gasteiger partial charge in [-0.1, -0.05) is 17.7 Å². The van der Waals surface area contributed by atoms with Crippen LogP contribution in [0.4, 0.5) is 4.79 Å². The Bertz CT molecular complexity index is 520. The van der Waals surface area contributed by atoms with Gasteiger partial charge in [0.05, 0.1) is 11.1 Å². The number of carbonyl (C=O) groups excluding carboxylic acids is 2. The van der Waals surface area contributed by atoms with Gasteiger partial charge in [-0.05, 0) is 38.5 Å². The van der Waals surface area contributed by atoms with Crippen LogP contribution in [0.1, 0.15) is 32.4 Å². The molecule has 3 amide bonds. The molecule has 21 heavy (non-hydrogen) atoms. The first kappa shape index (κ1) is 17.3. The summed E-state index contributed by atoms with van der Waals surface area (Å²) < 4.78 is 5.42. The van der Waals surface area contributed by atoms with Crippen LogP contribution in [0.5, 0.6) is 5.75 Å². The second-order valence-electron chi connectivity index (χ2n) is 4.47. The zero-order chi connectivity index (χ0) is 16.0. The molecule has 0 aliphatic heterocycles. The van der Waals surface area contributed by atoms with Gasteiger partial charge in [0.15, 0.2) is 6.10 Å². The highest BCUT2D eigenvalue weighted by molar-refractivity contribution is 6.32. The standard InChI is InChI=1S/C14H19ClN2O4/c1-4-16-14(20)17-13(19)9(3)21-12-6-5-10(8(2)18)7-11(12)15/h5-9,18H,4H2,1-3H3,(H2,16,17,19,20). The SMILES string of the molecule is CCNC(=O)NC(=O)C(C)Oc1ccc(C(C)O)cc1Cl. The minimum Gasteiger partial charge on any atom is -0.479 e. The van der Waals surface area contributed by atoms with E-state index in [0.717, 1.165) is 0 Å². The fourth-order valence-corrected chi connectivity index (χ4v) is 1.77. The zero-order valence-corrected chi connectivity index (χ0v) is 12.9. The minimum absolute atomic E-state index is 0.283. The highest BCUT2D eigenvalue weighted by Crippen LogP contribution is 2.28. The lowest BCUT2D eigenvalue weighted by atomic mass is 10.1. The molecule has 116 valence electrons. The van der Waals surface area contributed by atoms with Gasteiger partial charge in [-0.3, -0.25) is 10.1 Å². The van der Waals surface area contributed by atoms with Gasteiger partial charge in [0.2, 0.25) is 0 Å². The maximum atomic E-state index is 11.7. The van der Waals surface area contributed by atoms with Gasteiger partial charge in [-0.15, -0.1) is 0 Å². The van der Waals surface area contributed by atoms with Crippen LogP contribution >= 0.6 is 11.6 Å². The summed E-state index contributed by atoms with van der Waals surface area (Å²) in [6, 6.07) is 4.21. The molecule has 2 unspecified atom stereocenters. The van der Waals surface area contributed by atoms with Crippen molar-refractivity contribution in [3.63, 3.8) is 0 Å². The molecule has 1 aromatic rings. The quantitative estimate of drug-likeness (QED) is 0.775. The number of carbonyl (C=O) groups is 2. The predicted octanol–water partition coefficient (Wildman–Crippen LogP) is 2.01. The van der Waals surface area contributed by atoms with Crippen molar-refractivity contribution in [1.29, 1.82) is 0 Å². The number of nitrogens with one attached hydrogen (secondary N) is 2. The summed E-state index contributed by atoms with van der Waals surface area (Å²) in [7, 11) is 0. The monoisotopic (exact) mass is 314 g/mol. The van der Waals surface area contributed by atoms with Gasteiger partial charge in [0.25, 0.3) is 5.91 Å². The molecule has 0 aromatic heterocycles. The maximum Gasteiger partial charge on any atom is 0.321 e. The van der Waals surface area contributed by atoms with Gasteiger partial charge in [0, 0.05) is 6.54 Å². The van der Waals surface area contributed by atoms with Crippen molar-refractivity contribution in [1.82, 2.24) is 10.6 Å². The molecule has 0 bridgehead atoms. The molecule has 1 aromatic carbocycles. The molecule has 0 fully saturated rings. The van der Waals surface area contributed by atoms with Crippen molar-refractivity contribution in [2.75, 3.05) is 6.54 Å². The number of halogens is 1. The summed E-state index contributed by atoms with van der Waals surface area (Å²) in [5.74, 6) is -0.267. The van der Waals surface area contributed by atoms with Gasteiger partial charge in [0.1, 0.15) is 5.75 Å². The minimum atomic E-state index is -0.887. The second-order valence-corrected chi connectivity index (χ2v) is 4.88. The number of aliphatic hydroxyl groups is 1. The van der Waals surface area contributed by atoms with E-state index >= 15 is 0 Å². The average Bonchev–Trinajstić information content (AvgIpc) is 2.40. The van der Waals surface area contributed by atoms with Gasteiger partial charge >= 0.3 is 6.03 Å². The maximum absolute atomic E-state index is 11.7. The van der Waals surface area contributed by atoms with Crippen LogP contribution < -0.4 is 15.4 Å². The Morgan fingerprint density at radius 2 is 2.05 bits per heavy atom. The van der Waals surface area contributed by atoms with Crippen LogP contribution in [0.15, 0.2) is 18.2 Å². The Labute approximate surface area is 128 Å². The number of hydrogen-bond acceptors (Lipinski definition) is 4. The molecule has 1 rings (SSSR count). The summed E-state index contributed by atoms with van der Waals surface area (Å²) in [6.07, 6.45) is -1.53. The number of ether oxygens (including phenoxy) is 1. The van der Waals surface area contributed by atoms with E-state index in [1.54, 1.807) is 32.0 Å². The summed E-state index contributed by atoms with van der Waals surface area (Å²) >= 11 is 6.03. The lowest BCUT2D eigenvalue weighted by Gasteiger charge is -2.16. The van der Waals surface area contributed by atoms with Crippen molar-refractivity contribution in [3.8, 4) is 5.75 Å². The molecular formula is C14H19ClN2O4. The number of hydrogen-bond donors (Lipinski definition) is 3. The van der Waals surface area contributed by atoms with E-state index in [-0.39, 0.29) is 5.02 Å². The number of imide groups is 1. The van der Waals surface area contributed by atoms with E-state index < -0.39 is 24.1 Å². The van der Waals surface area contributed by atoms with E-state index in [2.05, 4.69) is 10.6 Å². The van der Waals surface area contributed by atoms with Crippen LogP contribution in [0.3, 0.4) is 0 Å². The molecule has 0 saturated carbocycles. The van der Waals surface area contributed by atoms with Gasteiger partial charge < -0.3 is 15.2 Å². The molecule has 6 nitrogen and oxygen atoms in total. The van der Waals surface area contributed by atoms with Gasteiger partial charge in [-0.2, -0.15) is 0 Å². The van der Waals surface area contributed by atoms with Crippen LogP contribution in [-0.2, 0) is 4.79 Å². The third-order valence-corrected chi connectivity index (χ3v) is 2.98. The highest BCUT2D eigenvalue weighted by Gasteiger charge is 2.18. The Kier molecular flexibility index (Phi) is 6.45. The molecule has 0 aliphatic carbocycles. The van der Waals surface area contributed by atoms with Crippen molar-refractivity contribution in [3.05, 3.63) is 28.8 Å². The first-order chi connectivity index (χ1) is 9.85. The summed E-state index contributed by atoms with van der Waals surface area (Å²) in [4.78, 5) is 23.0. The van der Waals surface area contributed by atoms with Crippen LogP contribution in [0.2, 0.25) is 5.02 Å². The van der Waals surface area contributed by atoms with E-state index in [1.807, 2.05) is 0 Å². The number of aliphatic hydroxyl groups excluding tert-OH is 1. The highest BCUT2D eigenvalue weighted by atomic mass is 35.5. The third-order valence-electron chi connectivity index (χ3n) is 2.69. The Balaban J connectivity index is 2.68. The van der Waals surface area contributed by atoms with Gasteiger partial charge in [-0.25, -0.2) is 4.79 Å². The first-order valence-electron chi connectivity index (χ1n) is 6.58. The number of amides is 3. The first-order valence-corrected chi connectivity index (χ1v) is 6.95. The largest absolute Gasteiger partial charge is 0.479 e. The topological polar surface area (TPSA) is 87.7 Å². The lowest BCUT2D eigenvalue weighted by Crippen LogP contribution is -2.45. The lowest BCUT2D eigenvalue weighted by molar-refractivity contribution is -0.126.